The van der Waals surface area contributed by atoms with Crippen molar-refractivity contribution < 1.29 is 9.53 Å². The summed E-state index contributed by atoms with van der Waals surface area (Å²) in [6.45, 7) is 2.06. The van der Waals surface area contributed by atoms with Crippen molar-refractivity contribution in [1.82, 2.24) is 0 Å². The van der Waals surface area contributed by atoms with Crippen LogP contribution in [0, 0.1) is 0 Å². The second kappa shape index (κ2) is 16.7. The number of allylic oxidation sites excluding steroid dienone is 6. The fourth-order valence-electron chi connectivity index (χ4n) is 2.03. The normalized spacial score (nSPS) is 11.9. The van der Waals surface area contributed by atoms with Crippen molar-refractivity contribution in [1.29, 1.82) is 0 Å². The third kappa shape index (κ3) is 16.6. The van der Waals surface area contributed by atoms with Gasteiger partial charge >= 0.3 is 5.97 Å². The fraction of sp³-hybridized carbons (Fsp3) is 0.632. The van der Waals surface area contributed by atoms with Crippen molar-refractivity contribution in [2.24, 2.45) is 0 Å². The lowest BCUT2D eigenvalue weighted by Gasteiger charge is -1.99. The van der Waals surface area contributed by atoms with E-state index in [2.05, 4.69) is 48.1 Å². The number of ether oxygens (including phenoxy) is 1. The highest BCUT2D eigenvalue weighted by molar-refractivity contribution is 5.68. The number of unbranched alkanes of at least 4 members (excludes halogenated alkanes) is 6. The maximum Gasteiger partial charge on any atom is 0.305 e. The van der Waals surface area contributed by atoms with Crippen LogP contribution in [-0.2, 0) is 9.53 Å². The molecule has 2 nitrogen and oxygen atoms in total. The van der Waals surface area contributed by atoms with Gasteiger partial charge in [0.25, 0.3) is 0 Å². The van der Waals surface area contributed by atoms with E-state index >= 15 is 0 Å². The van der Waals surface area contributed by atoms with Gasteiger partial charge in [-0.2, -0.15) is 0 Å². The van der Waals surface area contributed by atoms with Crippen LogP contribution in [0.3, 0.4) is 0 Å². The van der Waals surface area contributed by atoms with E-state index in [1.54, 1.807) is 0 Å². The third-order valence-electron chi connectivity index (χ3n) is 3.32. The fourth-order valence-corrected chi connectivity index (χ4v) is 2.03. The Morgan fingerprint density at radius 2 is 1.43 bits per heavy atom. The van der Waals surface area contributed by atoms with Crippen LogP contribution < -0.4 is 0 Å². The summed E-state index contributed by atoms with van der Waals surface area (Å²) in [7, 11) is 1.45. The first-order chi connectivity index (χ1) is 10.3. The summed E-state index contributed by atoms with van der Waals surface area (Å²) in [6, 6.07) is 0. The van der Waals surface area contributed by atoms with Gasteiger partial charge in [-0.25, -0.2) is 0 Å². The first kappa shape index (κ1) is 19.7. The SMILES string of the molecule is CC=CCCC=CCC=CCCCCCCCC(=O)OC. The number of carbonyl (C=O) groups excluding carboxylic acids is 1. The maximum atomic E-state index is 10.9. The minimum atomic E-state index is -0.0864. The van der Waals surface area contributed by atoms with Crippen molar-refractivity contribution in [3.8, 4) is 0 Å². The van der Waals surface area contributed by atoms with E-state index in [4.69, 9.17) is 0 Å². The summed E-state index contributed by atoms with van der Waals surface area (Å²) in [4.78, 5) is 10.9. The van der Waals surface area contributed by atoms with Crippen molar-refractivity contribution in [3.63, 3.8) is 0 Å². The third-order valence-corrected chi connectivity index (χ3v) is 3.32. The lowest BCUT2D eigenvalue weighted by molar-refractivity contribution is -0.140. The molecule has 0 radical (unpaired) electrons. The lowest BCUT2D eigenvalue weighted by Crippen LogP contribution is -1.98. The average molecular weight is 292 g/mol. The zero-order valence-corrected chi connectivity index (χ0v) is 13.9. The minimum absolute atomic E-state index is 0.0864. The molecule has 120 valence electrons. The van der Waals surface area contributed by atoms with Crippen LogP contribution in [0.2, 0.25) is 0 Å². The molecule has 0 saturated carbocycles. The predicted molar refractivity (Wildman–Crippen MR) is 91.3 cm³/mol. The molecule has 0 aliphatic rings. The summed E-state index contributed by atoms with van der Waals surface area (Å²) in [5.41, 5.74) is 0. The zero-order chi connectivity index (χ0) is 15.6. The molecule has 0 N–H and O–H groups in total. The van der Waals surface area contributed by atoms with Crippen LogP contribution in [-0.4, -0.2) is 13.1 Å². The van der Waals surface area contributed by atoms with Crippen molar-refractivity contribution in [2.45, 2.75) is 71.1 Å². The highest BCUT2D eigenvalue weighted by Gasteiger charge is 1.98. The largest absolute Gasteiger partial charge is 0.469 e. The minimum Gasteiger partial charge on any atom is -0.469 e. The molecule has 2 heteroatoms. The van der Waals surface area contributed by atoms with E-state index in [9.17, 15) is 4.79 Å². The van der Waals surface area contributed by atoms with Gasteiger partial charge in [-0.05, 0) is 45.4 Å². The molecule has 0 fully saturated rings. The standard InChI is InChI=1S/C19H32O2/c1-3-4-5-6-7-8-9-10-11-12-13-14-15-16-17-18-19(20)21-2/h3-4,7-8,10-11H,5-6,9,12-18H2,1-2H3. The molecule has 0 aliphatic carbocycles. The van der Waals surface area contributed by atoms with Gasteiger partial charge in [0.05, 0.1) is 7.11 Å². The monoisotopic (exact) mass is 292 g/mol. The second-order valence-electron chi connectivity index (χ2n) is 5.21. The number of methoxy groups -OCH3 is 1. The molecule has 0 heterocycles. The Balaban J connectivity index is 3.23. The van der Waals surface area contributed by atoms with Gasteiger partial charge in [0.15, 0.2) is 0 Å². The summed E-state index contributed by atoms with van der Waals surface area (Å²) < 4.78 is 4.61. The summed E-state index contributed by atoms with van der Waals surface area (Å²) >= 11 is 0. The van der Waals surface area contributed by atoms with E-state index in [0.717, 1.165) is 32.1 Å². The molecule has 0 aromatic heterocycles. The Morgan fingerprint density at radius 3 is 2.14 bits per heavy atom. The van der Waals surface area contributed by atoms with E-state index in [0.29, 0.717) is 6.42 Å². The number of esters is 1. The van der Waals surface area contributed by atoms with Crippen molar-refractivity contribution in [2.75, 3.05) is 7.11 Å². The molecule has 0 unspecified atom stereocenters. The molecule has 0 rings (SSSR count). The Hall–Kier alpha value is -1.31. The van der Waals surface area contributed by atoms with E-state index < -0.39 is 0 Å². The number of hydrogen-bond donors (Lipinski definition) is 0. The molecular formula is C19H32O2. The Kier molecular flexibility index (Phi) is 15.7. The van der Waals surface area contributed by atoms with Crippen LogP contribution >= 0.6 is 0 Å². The predicted octanol–water partition coefficient (Wildman–Crippen LogP) is 5.75. The Bertz CT molecular complexity index is 314. The van der Waals surface area contributed by atoms with Crippen molar-refractivity contribution in [3.05, 3.63) is 36.5 Å². The van der Waals surface area contributed by atoms with Crippen LogP contribution in [0.25, 0.3) is 0 Å². The smallest absolute Gasteiger partial charge is 0.305 e. The molecule has 21 heavy (non-hydrogen) atoms. The molecule has 0 aliphatic heterocycles. The summed E-state index contributed by atoms with van der Waals surface area (Å²) in [5.74, 6) is -0.0864. The Morgan fingerprint density at radius 1 is 0.810 bits per heavy atom. The molecule has 0 bridgehead atoms. The zero-order valence-electron chi connectivity index (χ0n) is 13.9. The number of hydrogen-bond acceptors (Lipinski definition) is 2. The first-order valence-electron chi connectivity index (χ1n) is 8.29. The highest BCUT2D eigenvalue weighted by Crippen LogP contribution is 2.08. The summed E-state index contributed by atoms with van der Waals surface area (Å²) in [5, 5.41) is 0. The molecule has 0 spiro atoms. The Labute approximate surface area is 131 Å². The van der Waals surface area contributed by atoms with Gasteiger partial charge in [0, 0.05) is 6.42 Å². The van der Waals surface area contributed by atoms with Gasteiger partial charge in [-0.15, -0.1) is 0 Å². The average Bonchev–Trinajstić information content (AvgIpc) is 2.50. The molecular weight excluding hydrogens is 260 g/mol. The van der Waals surface area contributed by atoms with Gasteiger partial charge in [-0.1, -0.05) is 55.7 Å². The van der Waals surface area contributed by atoms with Gasteiger partial charge in [0.1, 0.15) is 0 Å². The molecule has 0 atom stereocenters. The molecule has 0 amide bonds. The number of carbonyl (C=O) groups is 1. The van der Waals surface area contributed by atoms with Gasteiger partial charge in [0.2, 0.25) is 0 Å². The molecule has 0 aromatic carbocycles. The lowest BCUT2D eigenvalue weighted by atomic mass is 10.1. The first-order valence-corrected chi connectivity index (χ1v) is 8.29. The van der Waals surface area contributed by atoms with Gasteiger partial charge in [-0.3, -0.25) is 4.79 Å². The van der Waals surface area contributed by atoms with E-state index in [1.165, 1.54) is 32.8 Å². The van der Waals surface area contributed by atoms with Crippen LogP contribution in [0.4, 0.5) is 0 Å². The van der Waals surface area contributed by atoms with Gasteiger partial charge < -0.3 is 4.74 Å². The van der Waals surface area contributed by atoms with E-state index in [1.807, 2.05) is 0 Å². The van der Waals surface area contributed by atoms with E-state index in [-0.39, 0.29) is 5.97 Å². The van der Waals surface area contributed by atoms with Crippen molar-refractivity contribution >= 4 is 5.97 Å². The quantitative estimate of drug-likeness (QED) is 0.245. The topological polar surface area (TPSA) is 26.3 Å². The maximum absolute atomic E-state index is 10.9. The van der Waals surface area contributed by atoms with Crippen LogP contribution in [0.5, 0.6) is 0 Å². The summed E-state index contributed by atoms with van der Waals surface area (Å²) in [6.07, 6.45) is 24.2. The second-order valence-corrected chi connectivity index (χ2v) is 5.21. The highest BCUT2D eigenvalue weighted by atomic mass is 16.5. The van der Waals surface area contributed by atoms with Crippen LogP contribution in [0.1, 0.15) is 71.1 Å². The number of rotatable bonds is 13. The van der Waals surface area contributed by atoms with Crippen LogP contribution in [0.15, 0.2) is 36.5 Å². The molecule has 0 saturated heterocycles. The molecule has 0 aromatic rings.